The molecular formula is C19H19N5O2S. The predicted octanol–water partition coefficient (Wildman–Crippen LogP) is 2.74. The lowest BCUT2D eigenvalue weighted by molar-refractivity contribution is -0.127. The molecule has 1 aromatic carbocycles. The van der Waals surface area contributed by atoms with Crippen LogP contribution in [0.5, 0.6) is 5.75 Å². The average Bonchev–Trinajstić information content (AvgIpc) is 2.67. The third-order valence-electron chi connectivity index (χ3n) is 4.02. The fourth-order valence-electron chi connectivity index (χ4n) is 2.62. The molecule has 7 nitrogen and oxygen atoms in total. The van der Waals surface area contributed by atoms with E-state index < -0.39 is 0 Å². The second-order valence-corrected chi connectivity index (χ2v) is 6.52. The van der Waals surface area contributed by atoms with Crippen molar-refractivity contribution < 1.29 is 9.90 Å². The Morgan fingerprint density at radius 3 is 2.30 bits per heavy atom. The largest absolute Gasteiger partial charge is 0.508 e. The number of anilines is 1. The van der Waals surface area contributed by atoms with E-state index in [0.29, 0.717) is 29.2 Å². The summed E-state index contributed by atoms with van der Waals surface area (Å²) in [6, 6.07) is 10.2. The molecule has 138 valence electrons. The van der Waals surface area contributed by atoms with Crippen LogP contribution in [-0.4, -0.2) is 39.7 Å². The summed E-state index contributed by atoms with van der Waals surface area (Å²) >= 11 is 1.12. The standard InChI is InChI=1S/C19H19N5O2S/c1-3-24(4-2)16(26)11-27-19-15(10-21)17(14(9-20)18(22)23-19)12-5-7-13(25)8-6-12/h5-8,25H,3-4,11H2,1-2H3,(H2,22,23). The van der Waals surface area contributed by atoms with E-state index in [1.807, 2.05) is 19.9 Å². The van der Waals surface area contributed by atoms with E-state index in [-0.39, 0.29) is 34.4 Å². The molecule has 1 aromatic heterocycles. The Morgan fingerprint density at radius 2 is 1.78 bits per heavy atom. The number of amides is 1. The number of thioether (sulfide) groups is 1. The molecule has 0 aliphatic rings. The lowest BCUT2D eigenvalue weighted by Gasteiger charge is -2.18. The normalized spacial score (nSPS) is 10.1. The van der Waals surface area contributed by atoms with Crippen LogP contribution in [0.3, 0.4) is 0 Å². The van der Waals surface area contributed by atoms with Gasteiger partial charge in [0.25, 0.3) is 0 Å². The number of nitrogens with two attached hydrogens (primary N) is 1. The summed E-state index contributed by atoms with van der Waals surface area (Å²) in [5.41, 5.74) is 7.13. The van der Waals surface area contributed by atoms with Crippen LogP contribution in [-0.2, 0) is 4.79 Å². The summed E-state index contributed by atoms with van der Waals surface area (Å²) in [5, 5.41) is 29.0. The summed E-state index contributed by atoms with van der Waals surface area (Å²) in [7, 11) is 0. The van der Waals surface area contributed by atoms with Gasteiger partial charge in [0.1, 0.15) is 34.3 Å². The third-order valence-corrected chi connectivity index (χ3v) is 4.98. The topological polar surface area (TPSA) is 127 Å². The summed E-state index contributed by atoms with van der Waals surface area (Å²) in [5.74, 6) is 0.114. The molecular weight excluding hydrogens is 362 g/mol. The molecule has 0 radical (unpaired) electrons. The zero-order chi connectivity index (χ0) is 20.0. The van der Waals surface area contributed by atoms with Gasteiger partial charge in [-0.05, 0) is 31.5 Å². The number of benzene rings is 1. The summed E-state index contributed by atoms with van der Waals surface area (Å²) in [4.78, 5) is 18.1. The van der Waals surface area contributed by atoms with Crippen molar-refractivity contribution in [1.29, 1.82) is 10.5 Å². The minimum absolute atomic E-state index is 0.00244. The first kappa shape index (κ1) is 20.1. The zero-order valence-electron chi connectivity index (χ0n) is 15.1. The highest BCUT2D eigenvalue weighted by atomic mass is 32.2. The number of phenolic OH excluding ortho intramolecular Hbond substituents is 1. The number of carbonyl (C=O) groups is 1. The van der Waals surface area contributed by atoms with Crippen molar-refractivity contribution in [2.75, 3.05) is 24.6 Å². The fourth-order valence-corrected chi connectivity index (χ4v) is 3.51. The number of rotatable bonds is 6. The van der Waals surface area contributed by atoms with E-state index >= 15 is 0 Å². The maximum Gasteiger partial charge on any atom is 0.232 e. The van der Waals surface area contributed by atoms with Crippen molar-refractivity contribution in [3.05, 3.63) is 35.4 Å². The molecule has 0 spiro atoms. The lowest BCUT2D eigenvalue weighted by atomic mass is 9.97. The van der Waals surface area contributed by atoms with E-state index in [2.05, 4.69) is 11.1 Å². The Bertz CT molecular complexity index is 925. The highest BCUT2D eigenvalue weighted by Gasteiger charge is 2.21. The molecule has 0 unspecified atom stereocenters. The van der Waals surface area contributed by atoms with Gasteiger partial charge in [0.05, 0.1) is 11.3 Å². The van der Waals surface area contributed by atoms with Gasteiger partial charge in [-0.3, -0.25) is 4.79 Å². The maximum atomic E-state index is 12.3. The number of nitrogens with zero attached hydrogens (tertiary/aromatic N) is 4. The maximum absolute atomic E-state index is 12.3. The molecule has 27 heavy (non-hydrogen) atoms. The highest BCUT2D eigenvalue weighted by molar-refractivity contribution is 8.00. The van der Waals surface area contributed by atoms with Crippen LogP contribution in [0, 0.1) is 22.7 Å². The van der Waals surface area contributed by atoms with Crippen LogP contribution in [0.15, 0.2) is 29.3 Å². The van der Waals surface area contributed by atoms with E-state index in [1.54, 1.807) is 17.0 Å². The Kier molecular flexibility index (Phi) is 6.64. The van der Waals surface area contributed by atoms with Crippen molar-refractivity contribution in [1.82, 2.24) is 9.88 Å². The van der Waals surface area contributed by atoms with E-state index in [4.69, 9.17) is 5.73 Å². The van der Waals surface area contributed by atoms with Gasteiger partial charge in [-0.15, -0.1) is 0 Å². The number of hydrogen-bond acceptors (Lipinski definition) is 7. The quantitative estimate of drug-likeness (QED) is 0.736. The van der Waals surface area contributed by atoms with Crippen molar-refractivity contribution in [2.24, 2.45) is 0 Å². The summed E-state index contributed by atoms with van der Waals surface area (Å²) in [6.07, 6.45) is 0. The van der Waals surface area contributed by atoms with Gasteiger partial charge < -0.3 is 15.7 Å². The van der Waals surface area contributed by atoms with E-state index in [0.717, 1.165) is 11.8 Å². The Balaban J connectivity index is 2.51. The third kappa shape index (κ3) is 4.30. The van der Waals surface area contributed by atoms with Crippen molar-refractivity contribution >= 4 is 23.5 Å². The minimum atomic E-state index is -0.0650. The number of phenols is 1. The molecule has 0 aliphatic heterocycles. The predicted molar refractivity (Wildman–Crippen MR) is 104 cm³/mol. The van der Waals surface area contributed by atoms with Gasteiger partial charge in [0.15, 0.2) is 0 Å². The molecule has 0 fully saturated rings. The van der Waals surface area contributed by atoms with Crippen molar-refractivity contribution in [2.45, 2.75) is 18.9 Å². The van der Waals surface area contributed by atoms with Crippen LogP contribution in [0.2, 0.25) is 0 Å². The van der Waals surface area contributed by atoms with Gasteiger partial charge in [0, 0.05) is 18.7 Å². The summed E-state index contributed by atoms with van der Waals surface area (Å²) < 4.78 is 0. The van der Waals surface area contributed by atoms with E-state index in [1.165, 1.54) is 12.1 Å². The molecule has 1 heterocycles. The first-order valence-corrected chi connectivity index (χ1v) is 9.28. The Morgan fingerprint density at radius 1 is 1.19 bits per heavy atom. The fraction of sp³-hybridized carbons (Fsp3) is 0.263. The van der Waals surface area contributed by atoms with Gasteiger partial charge in [-0.2, -0.15) is 10.5 Å². The van der Waals surface area contributed by atoms with Crippen LogP contribution in [0.25, 0.3) is 11.1 Å². The van der Waals surface area contributed by atoms with Gasteiger partial charge in [-0.1, -0.05) is 23.9 Å². The smallest absolute Gasteiger partial charge is 0.232 e. The molecule has 0 atom stereocenters. The second kappa shape index (κ2) is 8.93. The molecule has 2 aromatic rings. The zero-order valence-corrected chi connectivity index (χ0v) is 15.9. The number of hydrogen-bond donors (Lipinski definition) is 2. The van der Waals surface area contributed by atoms with Gasteiger partial charge in [0.2, 0.25) is 5.91 Å². The summed E-state index contributed by atoms with van der Waals surface area (Å²) in [6.45, 7) is 4.99. The van der Waals surface area contributed by atoms with Gasteiger partial charge in [-0.25, -0.2) is 4.98 Å². The van der Waals surface area contributed by atoms with Crippen LogP contribution in [0.1, 0.15) is 25.0 Å². The second-order valence-electron chi connectivity index (χ2n) is 5.55. The highest BCUT2D eigenvalue weighted by Crippen LogP contribution is 2.36. The molecule has 8 heteroatoms. The van der Waals surface area contributed by atoms with Crippen LogP contribution < -0.4 is 5.73 Å². The molecule has 0 saturated heterocycles. The number of aromatic nitrogens is 1. The van der Waals surface area contributed by atoms with Gasteiger partial charge >= 0.3 is 0 Å². The SMILES string of the molecule is CCN(CC)C(=O)CSc1nc(N)c(C#N)c(-c2ccc(O)cc2)c1C#N. The number of nitriles is 2. The van der Waals surface area contributed by atoms with Crippen LogP contribution in [0.4, 0.5) is 5.82 Å². The Labute approximate surface area is 162 Å². The molecule has 2 rings (SSSR count). The Hall–Kier alpha value is -3.23. The molecule has 0 aliphatic carbocycles. The molecule has 3 N–H and O–H groups in total. The number of pyridine rings is 1. The monoisotopic (exact) mass is 381 g/mol. The van der Waals surface area contributed by atoms with Crippen LogP contribution >= 0.6 is 11.8 Å². The first-order chi connectivity index (χ1) is 13.0. The van der Waals surface area contributed by atoms with Crippen molar-refractivity contribution in [3.8, 4) is 29.0 Å². The lowest BCUT2D eigenvalue weighted by Crippen LogP contribution is -2.31. The van der Waals surface area contributed by atoms with E-state index in [9.17, 15) is 20.4 Å². The molecule has 0 bridgehead atoms. The number of nitrogen functional groups attached to an aromatic ring is 1. The van der Waals surface area contributed by atoms with Crippen molar-refractivity contribution in [3.63, 3.8) is 0 Å². The molecule has 0 saturated carbocycles. The first-order valence-electron chi connectivity index (χ1n) is 8.30. The number of aromatic hydroxyl groups is 1. The minimum Gasteiger partial charge on any atom is -0.508 e. The number of carbonyl (C=O) groups excluding carboxylic acids is 1. The molecule has 1 amide bonds. The average molecular weight is 381 g/mol.